The predicted molar refractivity (Wildman–Crippen MR) is 76.2 cm³/mol. The van der Waals surface area contributed by atoms with E-state index in [1.165, 1.54) is 12.2 Å². The summed E-state index contributed by atoms with van der Waals surface area (Å²) < 4.78 is 0. The first kappa shape index (κ1) is 15.4. The number of hydrogen-bond donors (Lipinski definition) is 1. The number of amides is 2. The van der Waals surface area contributed by atoms with Crippen LogP contribution in [0.15, 0.2) is 48.6 Å². The van der Waals surface area contributed by atoms with Crippen LogP contribution in [0.3, 0.4) is 0 Å². The quantitative estimate of drug-likeness (QED) is 0.499. The Morgan fingerprint density at radius 3 is 2.50 bits per heavy atom. The lowest BCUT2D eigenvalue weighted by Crippen LogP contribution is -2.45. The maximum atomic E-state index is 11.9. The maximum absolute atomic E-state index is 11.9. The van der Waals surface area contributed by atoms with Crippen LogP contribution in [0.5, 0.6) is 0 Å². The van der Waals surface area contributed by atoms with Crippen molar-refractivity contribution in [1.29, 1.82) is 0 Å². The highest BCUT2D eigenvalue weighted by atomic mass is 16.2. The molecule has 0 unspecified atom stereocenters. The van der Waals surface area contributed by atoms with E-state index in [0.29, 0.717) is 6.29 Å². The molecule has 2 amide bonds. The highest BCUT2D eigenvalue weighted by molar-refractivity contribution is 5.95. The van der Waals surface area contributed by atoms with Crippen molar-refractivity contribution in [2.75, 3.05) is 6.54 Å². The number of carbonyl (C=O) groups is 3. The van der Waals surface area contributed by atoms with Crippen LogP contribution < -0.4 is 5.43 Å². The Kier molecular flexibility index (Phi) is 6.47. The molecule has 1 rings (SSSR count). The Bertz CT molecular complexity index is 521. The second kappa shape index (κ2) is 8.42. The van der Waals surface area contributed by atoms with Crippen LogP contribution in [0, 0.1) is 0 Å². The molecule has 20 heavy (non-hydrogen) atoms. The zero-order valence-electron chi connectivity index (χ0n) is 11.2. The van der Waals surface area contributed by atoms with E-state index in [1.807, 2.05) is 30.3 Å². The molecule has 0 radical (unpaired) electrons. The lowest BCUT2D eigenvalue weighted by atomic mass is 10.2. The number of carbonyl (C=O) groups excluding carboxylic acids is 3. The topological polar surface area (TPSA) is 66.5 Å². The standard InChI is InChI=1S/C15H16N2O3/c1-2-6-14(19)16-17(11-12-18)15(20)10-9-13-7-4-3-5-8-13/h2-10,12H,11H2,1H3,(H,16,19). The molecule has 5 heteroatoms. The Morgan fingerprint density at radius 2 is 1.90 bits per heavy atom. The molecule has 5 nitrogen and oxygen atoms in total. The summed E-state index contributed by atoms with van der Waals surface area (Å²) in [5.41, 5.74) is 3.18. The van der Waals surface area contributed by atoms with Gasteiger partial charge in [-0.25, -0.2) is 5.01 Å². The molecule has 0 aromatic heterocycles. The smallest absolute Gasteiger partial charge is 0.265 e. The summed E-state index contributed by atoms with van der Waals surface area (Å²) in [7, 11) is 0. The van der Waals surface area contributed by atoms with Crippen molar-refractivity contribution in [3.8, 4) is 0 Å². The van der Waals surface area contributed by atoms with Crippen molar-refractivity contribution in [2.24, 2.45) is 0 Å². The number of hydrazine groups is 1. The number of nitrogens with zero attached hydrogens (tertiary/aromatic N) is 1. The fraction of sp³-hybridized carbons (Fsp3) is 0.133. The summed E-state index contributed by atoms with van der Waals surface area (Å²) in [6.07, 6.45) is 6.27. The molecule has 0 saturated heterocycles. The second-order valence-corrected chi connectivity index (χ2v) is 3.84. The van der Waals surface area contributed by atoms with Gasteiger partial charge in [0.2, 0.25) is 0 Å². The minimum atomic E-state index is -0.473. The van der Waals surface area contributed by atoms with Gasteiger partial charge in [0.15, 0.2) is 0 Å². The van der Waals surface area contributed by atoms with Crippen molar-refractivity contribution in [3.05, 3.63) is 54.1 Å². The molecular formula is C15H16N2O3. The number of rotatable bonds is 5. The Balaban J connectivity index is 2.71. The first-order chi connectivity index (χ1) is 9.67. The molecule has 1 aromatic rings. The van der Waals surface area contributed by atoms with E-state index in [2.05, 4.69) is 5.43 Å². The molecule has 0 spiro atoms. The first-order valence-corrected chi connectivity index (χ1v) is 6.09. The largest absolute Gasteiger partial charge is 0.301 e. The molecule has 0 heterocycles. The van der Waals surface area contributed by atoms with Crippen LogP contribution in [0.4, 0.5) is 0 Å². The Morgan fingerprint density at radius 1 is 1.20 bits per heavy atom. The van der Waals surface area contributed by atoms with Crippen LogP contribution in [-0.2, 0) is 14.4 Å². The summed E-state index contributed by atoms with van der Waals surface area (Å²) in [5.74, 6) is -0.936. The van der Waals surface area contributed by atoms with Crippen molar-refractivity contribution >= 4 is 24.2 Å². The molecule has 104 valence electrons. The fourth-order valence-electron chi connectivity index (χ4n) is 1.41. The highest BCUT2D eigenvalue weighted by Gasteiger charge is 2.11. The summed E-state index contributed by atoms with van der Waals surface area (Å²) in [6, 6.07) is 9.25. The molecule has 0 bridgehead atoms. The predicted octanol–water partition coefficient (Wildman–Crippen LogP) is 1.33. The van der Waals surface area contributed by atoms with Crippen molar-refractivity contribution < 1.29 is 14.4 Å². The van der Waals surface area contributed by atoms with Gasteiger partial charge in [-0.15, -0.1) is 0 Å². The molecule has 0 aliphatic heterocycles. The normalized spacial score (nSPS) is 10.7. The van der Waals surface area contributed by atoms with Gasteiger partial charge in [0.1, 0.15) is 6.29 Å². The van der Waals surface area contributed by atoms with E-state index in [-0.39, 0.29) is 6.54 Å². The van der Waals surface area contributed by atoms with Crippen LogP contribution >= 0.6 is 0 Å². The number of benzene rings is 1. The highest BCUT2D eigenvalue weighted by Crippen LogP contribution is 2.01. The first-order valence-electron chi connectivity index (χ1n) is 6.09. The van der Waals surface area contributed by atoms with Gasteiger partial charge < -0.3 is 4.79 Å². The van der Waals surface area contributed by atoms with Crippen molar-refractivity contribution in [3.63, 3.8) is 0 Å². The third kappa shape index (κ3) is 5.30. The number of aldehydes is 1. The summed E-state index contributed by atoms with van der Waals surface area (Å²) in [6.45, 7) is 1.47. The molecule has 1 N–H and O–H groups in total. The van der Waals surface area contributed by atoms with E-state index in [0.717, 1.165) is 10.6 Å². The molecule has 0 fully saturated rings. The summed E-state index contributed by atoms with van der Waals surface area (Å²) in [5, 5.41) is 0.953. The molecule has 0 atom stereocenters. The minimum Gasteiger partial charge on any atom is -0.301 e. The van der Waals surface area contributed by atoms with Crippen molar-refractivity contribution in [2.45, 2.75) is 6.92 Å². The molecule has 0 saturated carbocycles. The van der Waals surface area contributed by atoms with Crippen LogP contribution in [-0.4, -0.2) is 29.7 Å². The zero-order valence-corrected chi connectivity index (χ0v) is 11.2. The van der Waals surface area contributed by atoms with E-state index in [9.17, 15) is 14.4 Å². The molecular weight excluding hydrogens is 256 g/mol. The fourth-order valence-corrected chi connectivity index (χ4v) is 1.41. The second-order valence-electron chi connectivity index (χ2n) is 3.84. The number of nitrogens with one attached hydrogen (secondary N) is 1. The summed E-state index contributed by atoms with van der Waals surface area (Å²) >= 11 is 0. The third-order valence-corrected chi connectivity index (χ3v) is 2.30. The van der Waals surface area contributed by atoms with Crippen LogP contribution in [0.2, 0.25) is 0 Å². The van der Waals surface area contributed by atoms with E-state index >= 15 is 0 Å². The lowest BCUT2D eigenvalue weighted by molar-refractivity contribution is -0.137. The van der Waals surface area contributed by atoms with Gasteiger partial charge in [0.25, 0.3) is 11.8 Å². The average Bonchev–Trinajstić information content (AvgIpc) is 2.45. The average molecular weight is 272 g/mol. The monoisotopic (exact) mass is 272 g/mol. The van der Waals surface area contributed by atoms with Gasteiger partial charge in [-0.05, 0) is 18.6 Å². The van der Waals surface area contributed by atoms with Gasteiger partial charge in [0, 0.05) is 12.2 Å². The Hall–Kier alpha value is -2.69. The van der Waals surface area contributed by atoms with Crippen LogP contribution in [0.25, 0.3) is 6.08 Å². The van der Waals surface area contributed by atoms with Crippen LogP contribution in [0.1, 0.15) is 12.5 Å². The lowest BCUT2D eigenvalue weighted by Gasteiger charge is -2.18. The third-order valence-electron chi connectivity index (χ3n) is 2.30. The summed E-state index contributed by atoms with van der Waals surface area (Å²) in [4.78, 5) is 33.8. The van der Waals surface area contributed by atoms with E-state index in [4.69, 9.17) is 0 Å². The van der Waals surface area contributed by atoms with Crippen molar-refractivity contribution in [1.82, 2.24) is 10.4 Å². The van der Waals surface area contributed by atoms with Gasteiger partial charge >= 0.3 is 0 Å². The molecule has 0 aliphatic rings. The SMILES string of the molecule is CC=CC(=O)NN(CC=O)C(=O)C=Cc1ccccc1. The van der Waals surface area contributed by atoms with E-state index < -0.39 is 11.8 Å². The zero-order chi connectivity index (χ0) is 14.8. The van der Waals surface area contributed by atoms with Gasteiger partial charge in [0.05, 0.1) is 6.54 Å². The maximum Gasteiger partial charge on any atom is 0.265 e. The van der Waals surface area contributed by atoms with E-state index in [1.54, 1.807) is 19.1 Å². The number of allylic oxidation sites excluding steroid dienone is 1. The Labute approximate surface area is 117 Å². The number of hydrogen-bond acceptors (Lipinski definition) is 3. The van der Waals surface area contributed by atoms with Gasteiger partial charge in [-0.2, -0.15) is 0 Å². The minimum absolute atomic E-state index is 0.207. The van der Waals surface area contributed by atoms with Gasteiger partial charge in [-0.3, -0.25) is 15.0 Å². The molecule has 0 aliphatic carbocycles. The molecule has 1 aromatic carbocycles. The van der Waals surface area contributed by atoms with Gasteiger partial charge in [-0.1, -0.05) is 36.4 Å².